The molecule has 0 spiro atoms. The fourth-order valence-electron chi connectivity index (χ4n) is 1.49. The van der Waals surface area contributed by atoms with Crippen LogP contribution in [0.1, 0.15) is 17.7 Å². The Morgan fingerprint density at radius 3 is 2.94 bits per heavy atom. The second kappa shape index (κ2) is 4.97. The van der Waals surface area contributed by atoms with Gasteiger partial charge in [-0.1, -0.05) is 11.6 Å². The summed E-state index contributed by atoms with van der Waals surface area (Å²) in [5.74, 6) is 0. The van der Waals surface area contributed by atoms with Gasteiger partial charge >= 0.3 is 0 Å². The van der Waals surface area contributed by atoms with Gasteiger partial charge in [-0.2, -0.15) is 0 Å². The molecule has 1 aliphatic rings. The lowest BCUT2D eigenvalue weighted by atomic mass is 10.5. The number of rotatable bonds is 4. The van der Waals surface area contributed by atoms with E-state index in [0.29, 0.717) is 0 Å². The highest BCUT2D eigenvalue weighted by atomic mass is 79.9. The van der Waals surface area contributed by atoms with Crippen molar-refractivity contribution in [2.24, 2.45) is 0 Å². The first-order valence-corrected chi connectivity index (χ1v) is 8.16. The van der Waals surface area contributed by atoms with Crippen LogP contribution in [-0.2, 0) is 6.54 Å². The van der Waals surface area contributed by atoms with E-state index in [1.165, 1.54) is 17.7 Å². The van der Waals surface area contributed by atoms with E-state index in [1.807, 2.05) is 12.3 Å². The molecule has 1 fully saturated rings. The first-order valence-electron chi connectivity index (χ1n) is 5.35. The summed E-state index contributed by atoms with van der Waals surface area (Å²) in [5.41, 5.74) is 0. The molecule has 0 radical (unpaired) electrons. The summed E-state index contributed by atoms with van der Waals surface area (Å²) >= 11 is 12.8. The molecule has 1 aliphatic carbocycles. The van der Waals surface area contributed by atoms with E-state index in [-0.39, 0.29) is 0 Å². The minimum absolute atomic E-state index is 0.742. The van der Waals surface area contributed by atoms with E-state index < -0.39 is 0 Å². The zero-order valence-corrected chi connectivity index (χ0v) is 12.8. The van der Waals surface area contributed by atoms with Crippen LogP contribution in [0.15, 0.2) is 16.7 Å². The normalized spacial score (nSPS) is 15.4. The standard InChI is InChI=1S/C11H10BrClN2S2/c12-8-3-9(17-10(8)13)11-15-5-7(16-11)4-14-6-1-2-6/h3,5-6,14H,1-2,4H2. The monoisotopic (exact) mass is 348 g/mol. The van der Waals surface area contributed by atoms with Crippen LogP contribution in [0.2, 0.25) is 4.34 Å². The van der Waals surface area contributed by atoms with Crippen LogP contribution in [0.25, 0.3) is 9.88 Å². The van der Waals surface area contributed by atoms with E-state index in [1.54, 1.807) is 22.7 Å². The number of thiophene rings is 1. The van der Waals surface area contributed by atoms with Gasteiger partial charge in [-0.05, 0) is 34.8 Å². The molecule has 0 saturated heterocycles. The van der Waals surface area contributed by atoms with Gasteiger partial charge in [0.05, 0.1) is 4.88 Å². The maximum Gasteiger partial charge on any atom is 0.133 e. The molecular formula is C11H10BrClN2S2. The molecule has 2 aromatic heterocycles. The molecule has 90 valence electrons. The third kappa shape index (κ3) is 2.90. The van der Waals surface area contributed by atoms with Crippen LogP contribution < -0.4 is 5.32 Å². The summed E-state index contributed by atoms with van der Waals surface area (Å²) < 4.78 is 1.74. The predicted octanol–water partition coefficient (Wildman–Crippen LogP) is 4.54. The van der Waals surface area contributed by atoms with Crippen LogP contribution in [0.5, 0.6) is 0 Å². The van der Waals surface area contributed by atoms with E-state index in [2.05, 4.69) is 26.2 Å². The molecule has 3 rings (SSSR count). The molecule has 2 aromatic rings. The molecular weight excluding hydrogens is 340 g/mol. The van der Waals surface area contributed by atoms with Crippen molar-refractivity contribution in [3.05, 3.63) is 25.9 Å². The Hall–Kier alpha value is 0.0600. The molecule has 1 N–H and O–H groups in total. The summed E-state index contributed by atoms with van der Waals surface area (Å²) in [7, 11) is 0. The van der Waals surface area contributed by atoms with Gasteiger partial charge in [-0.15, -0.1) is 22.7 Å². The number of aromatic nitrogens is 1. The van der Waals surface area contributed by atoms with Crippen molar-refractivity contribution in [3.63, 3.8) is 0 Å². The van der Waals surface area contributed by atoms with Crippen molar-refractivity contribution >= 4 is 50.2 Å². The molecule has 0 aliphatic heterocycles. The van der Waals surface area contributed by atoms with Crippen molar-refractivity contribution in [2.45, 2.75) is 25.4 Å². The van der Waals surface area contributed by atoms with Gasteiger partial charge in [0, 0.05) is 28.1 Å². The quantitative estimate of drug-likeness (QED) is 0.876. The SMILES string of the molecule is Clc1sc(-c2ncc(CNC3CC3)s2)cc1Br. The molecule has 0 aromatic carbocycles. The molecule has 0 unspecified atom stereocenters. The fraction of sp³-hybridized carbons (Fsp3) is 0.364. The van der Waals surface area contributed by atoms with Crippen molar-refractivity contribution in [1.29, 1.82) is 0 Å². The molecule has 17 heavy (non-hydrogen) atoms. The van der Waals surface area contributed by atoms with E-state index >= 15 is 0 Å². The second-order valence-corrected chi connectivity index (χ2v) is 7.64. The topological polar surface area (TPSA) is 24.9 Å². The lowest BCUT2D eigenvalue weighted by molar-refractivity contribution is 0.694. The van der Waals surface area contributed by atoms with Crippen molar-refractivity contribution < 1.29 is 0 Å². The molecule has 2 nitrogen and oxygen atoms in total. The Morgan fingerprint density at radius 1 is 1.47 bits per heavy atom. The average molecular weight is 350 g/mol. The van der Waals surface area contributed by atoms with Crippen molar-refractivity contribution in [2.75, 3.05) is 0 Å². The zero-order chi connectivity index (χ0) is 11.8. The summed E-state index contributed by atoms with van der Waals surface area (Å²) in [4.78, 5) is 6.86. The smallest absolute Gasteiger partial charge is 0.133 e. The van der Waals surface area contributed by atoms with Crippen molar-refractivity contribution in [3.8, 4) is 9.88 Å². The first-order chi connectivity index (χ1) is 8.22. The zero-order valence-electron chi connectivity index (χ0n) is 8.87. The number of hydrogen-bond donors (Lipinski definition) is 1. The van der Waals surface area contributed by atoms with Crippen LogP contribution in [0.4, 0.5) is 0 Å². The first kappa shape index (κ1) is 12.1. The predicted molar refractivity (Wildman–Crippen MR) is 78.0 cm³/mol. The molecule has 1 saturated carbocycles. The van der Waals surface area contributed by atoms with Gasteiger partial charge in [-0.3, -0.25) is 0 Å². The number of nitrogens with zero attached hydrogens (tertiary/aromatic N) is 1. The Kier molecular flexibility index (Phi) is 3.54. The van der Waals surface area contributed by atoms with Crippen LogP contribution in [-0.4, -0.2) is 11.0 Å². The van der Waals surface area contributed by atoms with Crippen LogP contribution >= 0.6 is 50.2 Å². The molecule has 6 heteroatoms. The summed E-state index contributed by atoms with van der Waals surface area (Å²) in [6.07, 6.45) is 4.59. The number of nitrogens with one attached hydrogen (secondary N) is 1. The minimum Gasteiger partial charge on any atom is -0.309 e. The van der Waals surface area contributed by atoms with Gasteiger partial charge in [-0.25, -0.2) is 4.98 Å². The second-order valence-electron chi connectivity index (χ2n) is 4.02. The van der Waals surface area contributed by atoms with Gasteiger partial charge in [0.15, 0.2) is 0 Å². The Morgan fingerprint density at radius 2 is 2.29 bits per heavy atom. The van der Waals surface area contributed by atoms with Gasteiger partial charge in [0.1, 0.15) is 9.34 Å². The molecule has 0 amide bonds. The highest BCUT2D eigenvalue weighted by Gasteiger charge is 2.20. The van der Waals surface area contributed by atoms with Crippen LogP contribution in [0, 0.1) is 0 Å². The fourth-order valence-corrected chi connectivity index (χ4v) is 4.11. The number of thiazole rings is 1. The highest BCUT2D eigenvalue weighted by Crippen LogP contribution is 2.39. The Labute approximate surface area is 121 Å². The average Bonchev–Trinajstić information content (AvgIpc) is 2.92. The van der Waals surface area contributed by atoms with E-state index in [4.69, 9.17) is 11.6 Å². The Balaban J connectivity index is 1.74. The maximum atomic E-state index is 6.03. The Bertz CT molecular complexity index is 514. The third-order valence-corrected chi connectivity index (χ3v) is 6.19. The number of halogens is 2. The van der Waals surface area contributed by atoms with Gasteiger partial charge in [0.25, 0.3) is 0 Å². The maximum absolute atomic E-state index is 6.03. The largest absolute Gasteiger partial charge is 0.309 e. The van der Waals surface area contributed by atoms with Crippen LogP contribution in [0.3, 0.4) is 0 Å². The molecule has 2 heterocycles. The van der Waals surface area contributed by atoms with Gasteiger partial charge < -0.3 is 5.32 Å². The summed E-state index contributed by atoms with van der Waals surface area (Å²) in [5, 5.41) is 4.54. The lowest BCUT2D eigenvalue weighted by Crippen LogP contribution is -2.14. The number of hydrogen-bond acceptors (Lipinski definition) is 4. The minimum atomic E-state index is 0.742. The van der Waals surface area contributed by atoms with Crippen molar-refractivity contribution in [1.82, 2.24) is 10.3 Å². The molecule has 0 atom stereocenters. The lowest BCUT2D eigenvalue weighted by Gasteiger charge is -1.96. The summed E-state index contributed by atoms with van der Waals surface area (Å²) in [6.45, 7) is 0.933. The third-order valence-electron chi connectivity index (χ3n) is 2.55. The molecule has 0 bridgehead atoms. The van der Waals surface area contributed by atoms with E-state index in [0.717, 1.165) is 31.3 Å². The van der Waals surface area contributed by atoms with Gasteiger partial charge in [0.2, 0.25) is 0 Å². The van der Waals surface area contributed by atoms with E-state index in [9.17, 15) is 0 Å². The highest BCUT2D eigenvalue weighted by molar-refractivity contribution is 9.10. The summed E-state index contributed by atoms with van der Waals surface area (Å²) in [6, 6.07) is 2.77.